The maximum Gasteiger partial charge on any atom is 0.267 e. The monoisotopic (exact) mass is 686 g/mol. The van der Waals surface area contributed by atoms with Gasteiger partial charge in [0.05, 0.1) is 17.9 Å². The van der Waals surface area contributed by atoms with E-state index in [2.05, 4.69) is 31.3 Å². The SMILES string of the molecule is CCCCCCCCCCCC/C=C/CC/C=C/C(O)C(CS(=O)(=O)O)NC(=O)C(O)CCCCCCCCCCCCCCCC. The van der Waals surface area contributed by atoms with Crippen molar-refractivity contribution in [2.75, 3.05) is 5.75 Å². The minimum Gasteiger partial charge on any atom is -0.387 e. The maximum absolute atomic E-state index is 12.6. The number of aliphatic hydroxyl groups excluding tert-OH is 2. The molecule has 0 aliphatic rings. The summed E-state index contributed by atoms with van der Waals surface area (Å²) < 4.78 is 32.4. The van der Waals surface area contributed by atoms with Crippen LogP contribution in [0, 0.1) is 0 Å². The Hall–Kier alpha value is -1.22. The topological polar surface area (TPSA) is 124 Å². The minimum absolute atomic E-state index is 0.278. The average molecular weight is 686 g/mol. The fourth-order valence-corrected chi connectivity index (χ4v) is 6.68. The number of rotatable bonds is 35. The van der Waals surface area contributed by atoms with Crippen LogP contribution in [0.5, 0.6) is 0 Å². The van der Waals surface area contributed by atoms with Crippen molar-refractivity contribution in [2.24, 2.45) is 0 Å². The highest BCUT2D eigenvalue weighted by Crippen LogP contribution is 2.15. The second-order valence-corrected chi connectivity index (χ2v) is 15.2. The predicted octanol–water partition coefficient (Wildman–Crippen LogP) is 10.2. The van der Waals surface area contributed by atoms with Gasteiger partial charge in [0, 0.05) is 0 Å². The summed E-state index contributed by atoms with van der Waals surface area (Å²) in [4.78, 5) is 12.6. The highest BCUT2D eigenvalue weighted by Gasteiger charge is 2.27. The van der Waals surface area contributed by atoms with E-state index in [9.17, 15) is 28.0 Å². The molecule has 0 aliphatic heterocycles. The average Bonchev–Trinajstić information content (AvgIpc) is 3.03. The van der Waals surface area contributed by atoms with Gasteiger partial charge in [0.15, 0.2) is 0 Å². The first-order chi connectivity index (χ1) is 22.7. The molecule has 0 aliphatic carbocycles. The Bertz CT molecular complexity index is 860. The third-order valence-corrected chi connectivity index (χ3v) is 9.77. The van der Waals surface area contributed by atoms with Crippen LogP contribution < -0.4 is 5.32 Å². The number of nitrogens with one attached hydrogen (secondary N) is 1. The summed E-state index contributed by atoms with van der Waals surface area (Å²) in [7, 11) is -4.44. The Kier molecular flexibility index (Phi) is 32.4. The van der Waals surface area contributed by atoms with Gasteiger partial charge in [-0.15, -0.1) is 0 Å². The van der Waals surface area contributed by atoms with E-state index in [-0.39, 0.29) is 6.42 Å². The van der Waals surface area contributed by atoms with E-state index in [0.717, 1.165) is 32.1 Å². The Morgan fingerprint density at radius 3 is 1.40 bits per heavy atom. The van der Waals surface area contributed by atoms with Crippen molar-refractivity contribution in [3.63, 3.8) is 0 Å². The van der Waals surface area contributed by atoms with Crippen LogP contribution in [-0.2, 0) is 14.9 Å². The smallest absolute Gasteiger partial charge is 0.267 e. The summed E-state index contributed by atoms with van der Waals surface area (Å²) in [6, 6.07) is -1.24. The minimum atomic E-state index is -4.44. The summed E-state index contributed by atoms with van der Waals surface area (Å²) >= 11 is 0. The Morgan fingerprint density at radius 1 is 0.574 bits per heavy atom. The fourth-order valence-electron chi connectivity index (χ4n) is 5.94. The van der Waals surface area contributed by atoms with Gasteiger partial charge in [0.2, 0.25) is 5.91 Å². The molecular formula is C39H75NO6S. The van der Waals surface area contributed by atoms with Crippen LogP contribution in [0.2, 0.25) is 0 Å². The molecule has 0 spiro atoms. The van der Waals surface area contributed by atoms with E-state index >= 15 is 0 Å². The number of amides is 1. The zero-order chi connectivity index (χ0) is 34.9. The van der Waals surface area contributed by atoms with Crippen LogP contribution in [0.1, 0.15) is 194 Å². The summed E-state index contributed by atoms with van der Waals surface area (Å²) in [6.07, 6.45) is 38.0. The van der Waals surface area contributed by atoms with Crippen LogP contribution in [-0.4, -0.2) is 53.1 Å². The Balaban J connectivity index is 4.12. The van der Waals surface area contributed by atoms with Crippen molar-refractivity contribution in [3.8, 4) is 0 Å². The van der Waals surface area contributed by atoms with E-state index < -0.39 is 40.0 Å². The van der Waals surface area contributed by atoms with Crippen molar-refractivity contribution in [1.82, 2.24) is 5.32 Å². The Morgan fingerprint density at radius 2 is 0.957 bits per heavy atom. The predicted molar refractivity (Wildman–Crippen MR) is 199 cm³/mol. The molecule has 1 amide bonds. The van der Waals surface area contributed by atoms with Gasteiger partial charge < -0.3 is 15.5 Å². The summed E-state index contributed by atoms with van der Waals surface area (Å²) in [6.45, 7) is 4.50. The first-order valence-corrected chi connectivity index (χ1v) is 21.3. The molecule has 278 valence electrons. The van der Waals surface area contributed by atoms with Crippen LogP contribution in [0.4, 0.5) is 0 Å². The molecule has 0 saturated heterocycles. The number of allylic oxidation sites excluding steroid dienone is 3. The van der Waals surface area contributed by atoms with Crippen molar-refractivity contribution in [2.45, 2.75) is 212 Å². The number of hydrogen-bond donors (Lipinski definition) is 4. The van der Waals surface area contributed by atoms with Crippen molar-refractivity contribution in [3.05, 3.63) is 24.3 Å². The second kappa shape index (κ2) is 33.3. The molecule has 3 unspecified atom stereocenters. The molecule has 8 heteroatoms. The lowest BCUT2D eigenvalue weighted by molar-refractivity contribution is -0.130. The van der Waals surface area contributed by atoms with Gasteiger partial charge >= 0.3 is 0 Å². The first-order valence-electron chi connectivity index (χ1n) is 19.6. The normalized spacial score (nSPS) is 14.2. The standard InChI is InChI=1S/C39H75NO6S/c1-3-5-7-9-11-13-15-17-19-20-22-23-25-27-29-31-33-37(41)36(35-47(44,45)46)40-39(43)38(42)34-32-30-28-26-24-21-18-16-14-12-10-8-6-4-2/h23,25,31,33,36-38,41-42H,3-22,24,26-30,32,34-35H2,1-2H3,(H,40,43)(H,44,45,46)/b25-23+,33-31+. The molecule has 0 aromatic rings. The number of aliphatic hydroxyl groups is 2. The van der Waals surface area contributed by atoms with Crippen molar-refractivity contribution in [1.29, 1.82) is 0 Å². The van der Waals surface area contributed by atoms with Gasteiger partial charge in [-0.3, -0.25) is 9.35 Å². The maximum atomic E-state index is 12.6. The lowest BCUT2D eigenvalue weighted by Crippen LogP contribution is -2.50. The fraction of sp³-hybridized carbons (Fsp3) is 0.872. The van der Waals surface area contributed by atoms with Gasteiger partial charge in [0.25, 0.3) is 10.1 Å². The number of unbranched alkanes of at least 4 members (excludes halogenated alkanes) is 24. The summed E-state index contributed by atoms with van der Waals surface area (Å²) in [5, 5.41) is 23.3. The molecule has 47 heavy (non-hydrogen) atoms. The molecular weight excluding hydrogens is 610 g/mol. The summed E-state index contributed by atoms with van der Waals surface area (Å²) in [5.41, 5.74) is 0. The van der Waals surface area contributed by atoms with E-state index in [1.165, 1.54) is 134 Å². The van der Waals surface area contributed by atoms with Crippen molar-refractivity contribution < 1.29 is 28.0 Å². The van der Waals surface area contributed by atoms with Gasteiger partial charge in [0.1, 0.15) is 6.10 Å². The quantitative estimate of drug-likeness (QED) is 0.0299. The van der Waals surface area contributed by atoms with E-state index in [1.807, 2.05) is 0 Å². The molecule has 0 aromatic heterocycles. The van der Waals surface area contributed by atoms with Crippen LogP contribution in [0.3, 0.4) is 0 Å². The van der Waals surface area contributed by atoms with Crippen LogP contribution >= 0.6 is 0 Å². The lowest BCUT2D eigenvalue weighted by Gasteiger charge is -2.22. The molecule has 0 bridgehead atoms. The molecule has 4 N–H and O–H groups in total. The van der Waals surface area contributed by atoms with Crippen molar-refractivity contribution >= 4 is 16.0 Å². The number of hydrogen-bond acceptors (Lipinski definition) is 5. The van der Waals surface area contributed by atoms with Crippen LogP contribution in [0.25, 0.3) is 0 Å². The first kappa shape index (κ1) is 45.8. The van der Waals surface area contributed by atoms with Gasteiger partial charge in [-0.2, -0.15) is 8.42 Å². The Labute approximate surface area is 290 Å². The van der Waals surface area contributed by atoms with E-state index in [4.69, 9.17) is 0 Å². The lowest BCUT2D eigenvalue weighted by atomic mass is 10.0. The molecule has 0 saturated carbocycles. The third kappa shape index (κ3) is 33.1. The van der Waals surface area contributed by atoms with Gasteiger partial charge in [-0.05, 0) is 32.1 Å². The van der Waals surface area contributed by atoms with Crippen LogP contribution in [0.15, 0.2) is 24.3 Å². The molecule has 7 nitrogen and oxygen atoms in total. The number of carbonyl (C=O) groups is 1. The second-order valence-electron chi connectivity index (χ2n) is 13.7. The molecule has 0 fully saturated rings. The highest BCUT2D eigenvalue weighted by molar-refractivity contribution is 7.85. The molecule has 0 aromatic carbocycles. The molecule has 0 radical (unpaired) electrons. The zero-order valence-corrected chi connectivity index (χ0v) is 31.3. The highest BCUT2D eigenvalue weighted by atomic mass is 32.2. The largest absolute Gasteiger partial charge is 0.387 e. The summed E-state index contributed by atoms with van der Waals surface area (Å²) in [5.74, 6) is -1.55. The molecule has 3 atom stereocenters. The van der Waals surface area contributed by atoms with E-state index in [1.54, 1.807) is 6.08 Å². The molecule has 0 rings (SSSR count). The third-order valence-electron chi connectivity index (χ3n) is 8.99. The number of carbonyl (C=O) groups excluding carboxylic acids is 1. The molecule has 0 heterocycles. The van der Waals surface area contributed by atoms with E-state index in [0.29, 0.717) is 12.8 Å². The van der Waals surface area contributed by atoms with Gasteiger partial charge in [-0.1, -0.05) is 186 Å². The zero-order valence-electron chi connectivity index (χ0n) is 30.5. The van der Waals surface area contributed by atoms with Gasteiger partial charge in [-0.25, -0.2) is 0 Å².